The molecular formula is C14H18N2O. The predicted octanol–water partition coefficient (Wildman–Crippen LogP) is 2.79. The highest BCUT2D eigenvalue weighted by molar-refractivity contribution is 6.09. The van der Waals surface area contributed by atoms with Crippen molar-refractivity contribution >= 4 is 16.7 Å². The van der Waals surface area contributed by atoms with Crippen LogP contribution in [0.15, 0.2) is 24.3 Å². The minimum Gasteiger partial charge on any atom is -0.358 e. The van der Waals surface area contributed by atoms with Crippen molar-refractivity contribution in [3.8, 4) is 0 Å². The van der Waals surface area contributed by atoms with Crippen molar-refractivity contribution in [1.29, 1.82) is 0 Å². The molecule has 2 rings (SSSR count). The second-order valence-electron chi connectivity index (χ2n) is 4.61. The van der Waals surface area contributed by atoms with Crippen molar-refractivity contribution in [3.63, 3.8) is 0 Å². The Hall–Kier alpha value is -1.61. The molecule has 3 heteroatoms. The molecule has 1 atom stereocenters. The normalized spacial score (nSPS) is 12.9. The second kappa shape index (κ2) is 4.72. The first-order chi connectivity index (χ1) is 8.09. The topological polar surface area (TPSA) is 58.9 Å². The minimum atomic E-state index is 0.0736. The van der Waals surface area contributed by atoms with Crippen LogP contribution in [0.2, 0.25) is 0 Å². The number of para-hydroxylation sites is 1. The Morgan fingerprint density at radius 3 is 2.82 bits per heavy atom. The lowest BCUT2D eigenvalue weighted by molar-refractivity contribution is 0.0979. The highest BCUT2D eigenvalue weighted by Gasteiger charge is 2.15. The van der Waals surface area contributed by atoms with Gasteiger partial charge >= 0.3 is 0 Å². The van der Waals surface area contributed by atoms with Crippen LogP contribution < -0.4 is 5.73 Å². The molecule has 0 radical (unpaired) electrons. The molecule has 0 saturated carbocycles. The fourth-order valence-corrected chi connectivity index (χ4v) is 2.12. The number of nitrogens with one attached hydrogen (secondary N) is 1. The molecule has 0 fully saturated rings. The summed E-state index contributed by atoms with van der Waals surface area (Å²) >= 11 is 0. The molecule has 3 N–H and O–H groups in total. The highest BCUT2D eigenvalue weighted by Crippen LogP contribution is 2.23. The predicted molar refractivity (Wildman–Crippen MR) is 70.2 cm³/mol. The van der Waals surface area contributed by atoms with Gasteiger partial charge in [-0.05, 0) is 26.3 Å². The monoisotopic (exact) mass is 230 g/mol. The molecule has 1 aromatic carbocycles. The molecule has 0 bridgehead atoms. The summed E-state index contributed by atoms with van der Waals surface area (Å²) in [5, 5.41) is 1.01. The average molecular weight is 230 g/mol. The number of aryl methyl sites for hydroxylation is 1. The first-order valence-electron chi connectivity index (χ1n) is 5.95. The molecule has 0 aliphatic heterocycles. The van der Waals surface area contributed by atoms with Gasteiger partial charge in [0.25, 0.3) is 0 Å². The Morgan fingerprint density at radius 2 is 2.12 bits per heavy atom. The molecule has 0 aliphatic rings. The average Bonchev–Trinajstić information content (AvgIpc) is 2.61. The van der Waals surface area contributed by atoms with E-state index in [1.54, 1.807) is 0 Å². The number of nitrogens with two attached hydrogens (primary N) is 1. The van der Waals surface area contributed by atoms with E-state index < -0.39 is 0 Å². The number of aromatic nitrogens is 1. The van der Waals surface area contributed by atoms with E-state index in [0.717, 1.165) is 28.6 Å². The molecule has 0 amide bonds. The summed E-state index contributed by atoms with van der Waals surface area (Å²) in [6, 6.07) is 7.97. The lowest BCUT2D eigenvalue weighted by atomic mass is 10.0. The van der Waals surface area contributed by atoms with Gasteiger partial charge in [-0.2, -0.15) is 0 Å². The van der Waals surface area contributed by atoms with Crippen molar-refractivity contribution in [2.45, 2.75) is 32.7 Å². The van der Waals surface area contributed by atoms with E-state index in [2.05, 4.69) is 4.98 Å². The lowest BCUT2D eigenvalue weighted by Gasteiger charge is -2.04. The summed E-state index contributed by atoms with van der Waals surface area (Å²) in [6.45, 7) is 3.87. The molecule has 0 aliphatic carbocycles. The largest absolute Gasteiger partial charge is 0.358 e. The van der Waals surface area contributed by atoms with Gasteiger partial charge in [0.15, 0.2) is 5.78 Å². The third-order valence-electron chi connectivity index (χ3n) is 3.00. The van der Waals surface area contributed by atoms with E-state index in [1.807, 2.05) is 38.1 Å². The Morgan fingerprint density at radius 1 is 1.41 bits per heavy atom. The van der Waals surface area contributed by atoms with Crippen LogP contribution in [0.3, 0.4) is 0 Å². The standard InChI is InChI=1S/C14H18N2O/c1-9(15)7-8-13(17)14-10(2)16-12-6-4-3-5-11(12)14/h3-6,9,16H,7-8,15H2,1-2H3. The van der Waals surface area contributed by atoms with Crippen LogP contribution in [0.5, 0.6) is 0 Å². The zero-order valence-electron chi connectivity index (χ0n) is 10.3. The molecule has 0 spiro atoms. The van der Waals surface area contributed by atoms with Crippen LogP contribution in [0, 0.1) is 6.92 Å². The minimum absolute atomic E-state index is 0.0736. The number of H-pyrrole nitrogens is 1. The highest BCUT2D eigenvalue weighted by atomic mass is 16.1. The first-order valence-corrected chi connectivity index (χ1v) is 5.95. The maximum Gasteiger partial charge on any atom is 0.165 e. The van der Waals surface area contributed by atoms with Crippen LogP contribution in [-0.2, 0) is 0 Å². The maximum absolute atomic E-state index is 12.2. The fourth-order valence-electron chi connectivity index (χ4n) is 2.12. The summed E-state index contributed by atoms with van der Waals surface area (Å²) < 4.78 is 0. The van der Waals surface area contributed by atoms with Gasteiger partial charge in [0, 0.05) is 34.6 Å². The molecule has 17 heavy (non-hydrogen) atoms. The van der Waals surface area contributed by atoms with Crippen molar-refractivity contribution in [1.82, 2.24) is 4.98 Å². The van der Waals surface area contributed by atoms with Crippen molar-refractivity contribution < 1.29 is 4.79 Å². The van der Waals surface area contributed by atoms with Crippen molar-refractivity contribution in [2.75, 3.05) is 0 Å². The van der Waals surface area contributed by atoms with Crippen LogP contribution in [0.4, 0.5) is 0 Å². The van der Waals surface area contributed by atoms with E-state index in [0.29, 0.717) is 6.42 Å². The summed E-state index contributed by atoms with van der Waals surface area (Å²) in [6.07, 6.45) is 1.25. The number of Topliss-reactive ketones (excluding diaryl/α,β-unsaturated/α-hetero) is 1. The van der Waals surface area contributed by atoms with Gasteiger partial charge in [-0.25, -0.2) is 0 Å². The lowest BCUT2D eigenvalue weighted by Crippen LogP contribution is -2.16. The number of carbonyl (C=O) groups is 1. The Balaban J connectivity index is 2.34. The Kier molecular flexibility index (Phi) is 3.29. The number of hydrogen-bond donors (Lipinski definition) is 2. The molecule has 3 nitrogen and oxygen atoms in total. The van der Waals surface area contributed by atoms with E-state index >= 15 is 0 Å². The number of benzene rings is 1. The number of hydrogen-bond acceptors (Lipinski definition) is 2. The van der Waals surface area contributed by atoms with Crippen LogP contribution >= 0.6 is 0 Å². The third-order valence-corrected chi connectivity index (χ3v) is 3.00. The SMILES string of the molecule is Cc1[nH]c2ccccc2c1C(=O)CCC(C)N. The summed E-state index contributed by atoms with van der Waals surface area (Å²) in [4.78, 5) is 15.4. The maximum atomic E-state index is 12.2. The smallest absolute Gasteiger partial charge is 0.165 e. The molecule has 0 saturated heterocycles. The molecule has 1 unspecified atom stereocenters. The number of rotatable bonds is 4. The number of aromatic amines is 1. The molecule has 90 valence electrons. The zero-order valence-corrected chi connectivity index (χ0v) is 10.3. The van der Waals surface area contributed by atoms with Crippen LogP contribution in [0.25, 0.3) is 10.9 Å². The zero-order chi connectivity index (χ0) is 12.4. The van der Waals surface area contributed by atoms with Gasteiger partial charge in [-0.3, -0.25) is 4.79 Å². The van der Waals surface area contributed by atoms with Crippen molar-refractivity contribution in [2.24, 2.45) is 5.73 Å². The summed E-state index contributed by atoms with van der Waals surface area (Å²) in [5.74, 6) is 0.178. The Bertz CT molecular complexity index is 540. The summed E-state index contributed by atoms with van der Waals surface area (Å²) in [5.41, 5.74) is 8.47. The van der Waals surface area contributed by atoms with Gasteiger partial charge in [0.2, 0.25) is 0 Å². The van der Waals surface area contributed by atoms with E-state index in [4.69, 9.17) is 5.73 Å². The van der Waals surface area contributed by atoms with E-state index in [9.17, 15) is 4.79 Å². The van der Waals surface area contributed by atoms with E-state index in [-0.39, 0.29) is 11.8 Å². The first kappa shape index (κ1) is 11.9. The molecular weight excluding hydrogens is 212 g/mol. The molecule has 1 heterocycles. The quantitative estimate of drug-likeness (QED) is 0.793. The van der Waals surface area contributed by atoms with Gasteiger partial charge in [0.05, 0.1) is 0 Å². The Labute approximate surface area is 101 Å². The number of fused-ring (bicyclic) bond motifs is 1. The van der Waals surface area contributed by atoms with Crippen molar-refractivity contribution in [3.05, 3.63) is 35.5 Å². The second-order valence-corrected chi connectivity index (χ2v) is 4.61. The van der Waals surface area contributed by atoms with Gasteiger partial charge in [-0.15, -0.1) is 0 Å². The summed E-state index contributed by atoms with van der Waals surface area (Å²) in [7, 11) is 0. The molecule has 1 aromatic heterocycles. The van der Waals surface area contributed by atoms with Crippen LogP contribution in [0.1, 0.15) is 35.8 Å². The van der Waals surface area contributed by atoms with Gasteiger partial charge in [0.1, 0.15) is 0 Å². The molecule has 2 aromatic rings. The van der Waals surface area contributed by atoms with Crippen LogP contribution in [-0.4, -0.2) is 16.8 Å². The number of ketones is 1. The third kappa shape index (κ3) is 2.39. The van der Waals surface area contributed by atoms with Gasteiger partial charge < -0.3 is 10.7 Å². The fraction of sp³-hybridized carbons (Fsp3) is 0.357. The van der Waals surface area contributed by atoms with Gasteiger partial charge in [-0.1, -0.05) is 18.2 Å². The number of carbonyl (C=O) groups excluding carboxylic acids is 1. The van der Waals surface area contributed by atoms with E-state index in [1.165, 1.54) is 0 Å².